The van der Waals surface area contributed by atoms with E-state index in [1.54, 1.807) is 48.2 Å². The number of hydrogen-bond donors (Lipinski definition) is 2. The van der Waals surface area contributed by atoms with E-state index in [4.69, 9.17) is 16.3 Å². The lowest BCUT2D eigenvalue weighted by molar-refractivity contribution is -0.596. The van der Waals surface area contributed by atoms with Gasteiger partial charge in [-0.25, -0.2) is 0 Å². The van der Waals surface area contributed by atoms with Gasteiger partial charge in [0.25, 0.3) is 5.91 Å². The normalized spacial score (nSPS) is 19.0. The van der Waals surface area contributed by atoms with Crippen LogP contribution in [0.1, 0.15) is 33.1 Å². The maximum atomic E-state index is 12.9. The van der Waals surface area contributed by atoms with E-state index >= 15 is 0 Å². The number of amides is 2. The minimum absolute atomic E-state index is 0.296. The first kappa shape index (κ1) is 21.6. The van der Waals surface area contributed by atoms with Crippen molar-refractivity contribution in [2.75, 3.05) is 7.11 Å². The van der Waals surface area contributed by atoms with Crippen LogP contribution in [-0.2, 0) is 4.79 Å². The Kier molecular flexibility index (Phi) is 6.23. The van der Waals surface area contributed by atoms with Gasteiger partial charge in [-0.15, -0.1) is 10.1 Å². The summed E-state index contributed by atoms with van der Waals surface area (Å²) in [4.78, 5) is 25.8. The summed E-state index contributed by atoms with van der Waals surface area (Å²) in [7, 11) is 1.56. The van der Waals surface area contributed by atoms with Crippen molar-refractivity contribution in [2.24, 2.45) is 0 Å². The van der Waals surface area contributed by atoms with E-state index in [9.17, 15) is 9.59 Å². The number of nitrogens with one attached hydrogen (secondary N) is 2. The van der Waals surface area contributed by atoms with Crippen LogP contribution in [0.15, 0.2) is 72.8 Å². The first-order valence-corrected chi connectivity index (χ1v) is 10.5. The summed E-state index contributed by atoms with van der Waals surface area (Å²) < 4.78 is 6.88. The molecule has 1 heterocycles. The Morgan fingerprint density at radius 2 is 1.69 bits per heavy atom. The lowest BCUT2D eigenvalue weighted by Crippen LogP contribution is -2.42. The minimum Gasteiger partial charge on any atom is -0.497 e. The van der Waals surface area contributed by atoms with Gasteiger partial charge < -0.3 is 10.1 Å². The molecule has 32 heavy (non-hydrogen) atoms. The molecule has 2 atom stereocenters. The van der Waals surface area contributed by atoms with Crippen LogP contribution >= 0.6 is 11.6 Å². The second kappa shape index (κ2) is 9.24. The topological polar surface area (TPSA) is 70.4 Å². The molecule has 1 aliphatic rings. The first-order valence-electron chi connectivity index (χ1n) is 10.2. The first-order chi connectivity index (χ1) is 15.4. The number of hydrazone groups is 1. The zero-order valence-electron chi connectivity index (χ0n) is 17.7. The van der Waals surface area contributed by atoms with Crippen molar-refractivity contribution in [1.82, 2.24) is 10.7 Å². The van der Waals surface area contributed by atoms with E-state index in [1.165, 1.54) is 0 Å². The SMILES string of the molecule is COc1ccc(C(=O)N[C@H]2C(=O)N/[N+](=C\c3ccc(C)cc3)[C@@H]2c2ccc(Cl)cc2)cc1. The van der Waals surface area contributed by atoms with Crippen LogP contribution in [0.25, 0.3) is 0 Å². The number of hydrazine groups is 1. The molecule has 0 spiro atoms. The predicted octanol–water partition coefficient (Wildman–Crippen LogP) is 3.67. The summed E-state index contributed by atoms with van der Waals surface area (Å²) in [5, 5.41) is 3.48. The van der Waals surface area contributed by atoms with E-state index in [1.807, 2.05) is 49.5 Å². The van der Waals surface area contributed by atoms with Crippen LogP contribution in [0.4, 0.5) is 0 Å². The fourth-order valence-electron chi connectivity index (χ4n) is 3.62. The summed E-state index contributed by atoms with van der Waals surface area (Å²) in [5.74, 6) is 0.0113. The molecule has 4 rings (SSSR count). The average Bonchev–Trinajstić information content (AvgIpc) is 3.10. The largest absolute Gasteiger partial charge is 0.497 e. The molecular formula is C25H23ClN3O3+. The van der Waals surface area contributed by atoms with Crippen molar-refractivity contribution in [3.8, 4) is 5.75 Å². The second-order valence-corrected chi connectivity index (χ2v) is 8.04. The fraction of sp³-hybridized carbons (Fsp3) is 0.160. The lowest BCUT2D eigenvalue weighted by atomic mass is 9.99. The molecule has 1 fully saturated rings. The third-order valence-electron chi connectivity index (χ3n) is 5.35. The van der Waals surface area contributed by atoms with Crippen molar-refractivity contribution in [3.05, 3.63) is 100 Å². The number of carbonyl (C=O) groups is 2. The van der Waals surface area contributed by atoms with E-state index in [2.05, 4.69) is 10.7 Å². The van der Waals surface area contributed by atoms with Crippen molar-refractivity contribution in [3.63, 3.8) is 0 Å². The van der Waals surface area contributed by atoms with Gasteiger partial charge in [0.05, 0.1) is 7.11 Å². The predicted molar refractivity (Wildman–Crippen MR) is 123 cm³/mol. The molecule has 1 saturated heterocycles. The maximum Gasteiger partial charge on any atom is 0.304 e. The fourth-order valence-corrected chi connectivity index (χ4v) is 3.75. The minimum atomic E-state index is -0.799. The third kappa shape index (κ3) is 4.65. The van der Waals surface area contributed by atoms with E-state index in [0.717, 1.165) is 16.7 Å². The highest BCUT2D eigenvalue weighted by Crippen LogP contribution is 2.27. The van der Waals surface area contributed by atoms with Crippen LogP contribution in [0.5, 0.6) is 5.75 Å². The van der Waals surface area contributed by atoms with Crippen LogP contribution in [0.3, 0.4) is 0 Å². The number of rotatable bonds is 5. The molecule has 7 heteroatoms. The molecule has 0 bridgehead atoms. The summed E-state index contributed by atoms with van der Waals surface area (Å²) in [6, 6.07) is 20.7. The van der Waals surface area contributed by atoms with Gasteiger partial charge in [-0.2, -0.15) is 0 Å². The zero-order valence-corrected chi connectivity index (χ0v) is 18.5. The lowest BCUT2D eigenvalue weighted by Gasteiger charge is -2.15. The number of hydrogen-bond acceptors (Lipinski definition) is 3. The Morgan fingerprint density at radius 1 is 1.03 bits per heavy atom. The monoisotopic (exact) mass is 448 g/mol. The Morgan fingerprint density at radius 3 is 2.31 bits per heavy atom. The maximum absolute atomic E-state index is 12.9. The quantitative estimate of drug-likeness (QED) is 0.585. The van der Waals surface area contributed by atoms with Crippen molar-refractivity contribution in [1.29, 1.82) is 0 Å². The van der Waals surface area contributed by atoms with Gasteiger partial charge in [-0.05, 0) is 55.5 Å². The van der Waals surface area contributed by atoms with Gasteiger partial charge in [0.2, 0.25) is 12.3 Å². The number of aryl methyl sites for hydroxylation is 1. The van der Waals surface area contributed by atoms with Gasteiger partial charge in [-0.3, -0.25) is 9.59 Å². The standard InChI is InChI=1S/C25H22ClN3O3/c1-16-3-5-17(6-4-16)15-29-23(18-7-11-20(26)12-8-18)22(25(31)28-29)27-24(30)19-9-13-21(32-2)14-10-19/h3-15,22-23H,1-2H3,(H-,27,28,30,31)/p+1/b29-15-/t22-,23-/m1/s1. The van der Waals surface area contributed by atoms with Gasteiger partial charge >= 0.3 is 5.91 Å². The molecule has 0 aliphatic carbocycles. The molecule has 3 aromatic carbocycles. The van der Waals surface area contributed by atoms with Gasteiger partial charge in [-0.1, -0.05) is 41.4 Å². The second-order valence-electron chi connectivity index (χ2n) is 7.60. The Labute approximate surface area is 191 Å². The number of nitrogens with zero attached hydrogens (tertiary/aromatic N) is 1. The summed E-state index contributed by atoms with van der Waals surface area (Å²) in [5.41, 5.74) is 6.23. The number of carbonyl (C=O) groups excluding carboxylic acids is 2. The number of methoxy groups -OCH3 is 1. The van der Waals surface area contributed by atoms with Gasteiger partial charge in [0.15, 0.2) is 6.04 Å². The average molecular weight is 449 g/mol. The van der Waals surface area contributed by atoms with E-state index in [-0.39, 0.29) is 11.8 Å². The Bertz CT molecular complexity index is 1160. The van der Waals surface area contributed by atoms with Crippen molar-refractivity contribution >= 4 is 29.6 Å². The van der Waals surface area contributed by atoms with Gasteiger partial charge in [0, 0.05) is 21.7 Å². The third-order valence-corrected chi connectivity index (χ3v) is 5.61. The highest BCUT2D eigenvalue weighted by molar-refractivity contribution is 6.30. The number of halogens is 1. The van der Waals surface area contributed by atoms with E-state index < -0.39 is 12.1 Å². The summed E-state index contributed by atoms with van der Waals surface area (Å²) >= 11 is 6.07. The molecule has 2 amide bonds. The highest BCUT2D eigenvalue weighted by Gasteiger charge is 2.47. The molecule has 1 aliphatic heterocycles. The summed E-state index contributed by atoms with van der Waals surface area (Å²) in [6.45, 7) is 2.02. The van der Waals surface area contributed by atoms with Crippen LogP contribution in [0.2, 0.25) is 5.02 Å². The molecule has 0 aromatic heterocycles. The Hall–Kier alpha value is -3.64. The molecule has 162 valence electrons. The molecule has 3 aromatic rings. The molecule has 0 saturated carbocycles. The van der Waals surface area contributed by atoms with Crippen molar-refractivity contribution in [2.45, 2.75) is 19.0 Å². The molecular weight excluding hydrogens is 426 g/mol. The molecule has 0 unspecified atom stereocenters. The molecule has 6 nitrogen and oxygen atoms in total. The van der Waals surface area contributed by atoms with Crippen LogP contribution < -0.4 is 15.5 Å². The van der Waals surface area contributed by atoms with E-state index in [0.29, 0.717) is 16.3 Å². The van der Waals surface area contributed by atoms with Crippen LogP contribution in [0, 0.1) is 6.92 Å². The molecule has 0 radical (unpaired) electrons. The smallest absolute Gasteiger partial charge is 0.304 e. The number of ether oxygens (including phenoxy) is 1. The molecule has 2 N–H and O–H groups in total. The van der Waals surface area contributed by atoms with Crippen molar-refractivity contribution < 1.29 is 19.0 Å². The zero-order chi connectivity index (χ0) is 22.7. The van der Waals surface area contributed by atoms with Gasteiger partial charge in [0.1, 0.15) is 5.75 Å². The Balaban J connectivity index is 1.67. The number of benzene rings is 3. The highest BCUT2D eigenvalue weighted by atomic mass is 35.5. The summed E-state index contributed by atoms with van der Waals surface area (Å²) in [6.07, 6.45) is 1.86. The van der Waals surface area contributed by atoms with Crippen LogP contribution in [-0.4, -0.2) is 35.9 Å².